The smallest absolute Gasteiger partial charge is 0.256 e. The number of thioether (sulfide) groups is 1. The van der Waals surface area contributed by atoms with Crippen LogP contribution in [0.25, 0.3) is 5.95 Å². The van der Waals surface area contributed by atoms with Crippen LogP contribution in [-0.2, 0) is 0 Å². The lowest BCUT2D eigenvalue weighted by molar-refractivity contribution is 0.300. The normalized spacial score (nSPS) is 12.6. The highest BCUT2D eigenvalue weighted by Gasteiger charge is 2.10. The molecule has 90 valence electrons. The molecular formula is C9H12N6OS. The Labute approximate surface area is 102 Å². The van der Waals surface area contributed by atoms with E-state index in [2.05, 4.69) is 20.1 Å². The lowest BCUT2D eigenvalue weighted by Crippen LogP contribution is -2.10. The monoisotopic (exact) mass is 252 g/mol. The maximum absolute atomic E-state index is 8.98. The number of rotatable bonds is 4. The van der Waals surface area contributed by atoms with Crippen molar-refractivity contribution in [2.75, 3.05) is 12.3 Å². The molecule has 17 heavy (non-hydrogen) atoms. The summed E-state index contributed by atoms with van der Waals surface area (Å²) in [5, 5.41) is 13.5. The van der Waals surface area contributed by atoms with Gasteiger partial charge in [-0.25, -0.2) is 4.68 Å². The van der Waals surface area contributed by atoms with Gasteiger partial charge in [0.1, 0.15) is 0 Å². The van der Waals surface area contributed by atoms with Crippen LogP contribution in [0.1, 0.15) is 6.92 Å². The van der Waals surface area contributed by atoms with Crippen molar-refractivity contribution in [2.24, 2.45) is 0 Å². The van der Waals surface area contributed by atoms with Gasteiger partial charge in [0.05, 0.1) is 6.61 Å². The predicted octanol–water partition coefficient (Wildman–Crippen LogP) is 0.112. The summed E-state index contributed by atoms with van der Waals surface area (Å²) in [5.74, 6) is 0.508. The minimum absolute atomic E-state index is 0.00210. The molecule has 0 amide bonds. The fourth-order valence-electron chi connectivity index (χ4n) is 1.12. The lowest BCUT2D eigenvalue weighted by Gasteiger charge is -2.07. The molecule has 1 unspecified atom stereocenters. The fourth-order valence-corrected chi connectivity index (χ4v) is 1.84. The van der Waals surface area contributed by atoms with Crippen LogP contribution < -0.4 is 5.73 Å². The van der Waals surface area contributed by atoms with Crippen LogP contribution in [0.5, 0.6) is 0 Å². The van der Waals surface area contributed by atoms with Crippen LogP contribution in [0.4, 0.5) is 5.95 Å². The standard InChI is InChI=1S/C9H12N6OS/c1-6(5-16)17-9-13-7(10)12-8(14-9)15-4-2-3-11-15/h2-4,6,16H,5H2,1H3,(H2,10,12,13,14). The number of hydrogen-bond donors (Lipinski definition) is 2. The summed E-state index contributed by atoms with van der Waals surface area (Å²) < 4.78 is 1.51. The Bertz CT molecular complexity index is 488. The molecule has 3 N–H and O–H groups in total. The van der Waals surface area contributed by atoms with Gasteiger partial charge in [-0.05, 0) is 6.07 Å². The van der Waals surface area contributed by atoms with Crippen LogP contribution in [0.3, 0.4) is 0 Å². The van der Waals surface area contributed by atoms with E-state index in [1.807, 2.05) is 6.92 Å². The highest BCUT2D eigenvalue weighted by atomic mass is 32.2. The van der Waals surface area contributed by atoms with Gasteiger partial charge in [-0.3, -0.25) is 0 Å². The van der Waals surface area contributed by atoms with Gasteiger partial charge >= 0.3 is 0 Å². The van der Waals surface area contributed by atoms with Crippen LogP contribution in [0.2, 0.25) is 0 Å². The molecule has 0 fully saturated rings. The van der Waals surface area contributed by atoms with Crippen molar-refractivity contribution >= 4 is 17.7 Å². The Balaban J connectivity index is 2.30. The van der Waals surface area contributed by atoms with Crippen LogP contribution in [0.15, 0.2) is 23.6 Å². The van der Waals surface area contributed by atoms with Gasteiger partial charge in [0.15, 0.2) is 5.16 Å². The minimum atomic E-state index is 0.00210. The third kappa shape index (κ3) is 2.92. The summed E-state index contributed by atoms with van der Waals surface area (Å²) >= 11 is 1.34. The Morgan fingerprint density at radius 2 is 2.29 bits per heavy atom. The molecule has 0 radical (unpaired) electrons. The largest absolute Gasteiger partial charge is 0.395 e. The van der Waals surface area contributed by atoms with Crippen LogP contribution in [-0.4, -0.2) is 41.7 Å². The van der Waals surface area contributed by atoms with Crippen molar-refractivity contribution in [3.05, 3.63) is 18.5 Å². The van der Waals surface area contributed by atoms with Crippen molar-refractivity contribution in [1.29, 1.82) is 0 Å². The Morgan fingerprint density at radius 1 is 1.47 bits per heavy atom. The van der Waals surface area contributed by atoms with Gasteiger partial charge in [0, 0.05) is 17.6 Å². The molecule has 0 aromatic carbocycles. The average Bonchev–Trinajstić information content (AvgIpc) is 2.81. The minimum Gasteiger partial charge on any atom is -0.395 e. The highest BCUT2D eigenvalue weighted by Crippen LogP contribution is 2.19. The Kier molecular flexibility index (Phi) is 3.55. The second-order valence-corrected chi connectivity index (χ2v) is 4.74. The third-order valence-corrected chi connectivity index (χ3v) is 2.84. The van der Waals surface area contributed by atoms with Gasteiger partial charge in [-0.15, -0.1) is 0 Å². The second kappa shape index (κ2) is 5.11. The summed E-state index contributed by atoms with van der Waals surface area (Å²) in [6, 6.07) is 1.77. The summed E-state index contributed by atoms with van der Waals surface area (Å²) in [7, 11) is 0. The molecule has 0 aliphatic rings. The van der Waals surface area contributed by atoms with Crippen molar-refractivity contribution in [3.8, 4) is 5.95 Å². The van der Waals surface area contributed by atoms with Gasteiger partial charge in [0.2, 0.25) is 5.95 Å². The van der Waals surface area contributed by atoms with E-state index in [1.54, 1.807) is 18.5 Å². The topological polar surface area (TPSA) is 103 Å². The molecule has 0 aliphatic heterocycles. The first kappa shape index (κ1) is 11.8. The van der Waals surface area contributed by atoms with E-state index in [-0.39, 0.29) is 17.8 Å². The summed E-state index contributed by atoms with van der Waals surface area (Å²) in [6.07, 6.45) is 3.35. The first-order valence-corrected chi connectivity index (χ1v) is 5.86. The van der Waals surface area contributed by atoms with Crippen LogP contribution >= 0.6 is 11.8 Å². The number of nitrogen functional groups attached to an aromatic ring is 1. The molecule has 7 nitrogen and oxygen atoms in total. The molecule has 1 atom stereocenters. The van der Waals surface area contributed by atoms with E-state index in [9.17, 15) is 0 Å². The zero-order valence-electron chi connectivity index (χ0n) is 9.19. The number of nitrogens with two attached hydrogens (primary N) is 1. The maximum Gasteiger partial charge on any atom is 0.256 e. The van der Waals surface area contributed by atoms with Crippen molar-refractivity contribution in [3.63, 3.8) is 0 Å². The van der Waals surface area contributed by atoms with Gasteiger partial charge in [-0.1, -0.05) is 18.7 Å². The van der Waals surface area contributed by atoms with E-state index in [1.165, 1.54) is 16.4 Å². The molecule has 0 bridgehead atoms. The summed E-state index contributed by atoms with van der Waals surface area (Å²) in [6.45, 7) is 1.92. The fraction of sp³-hybridized carbons (Fsp3) is 0.333. The molecule has 2 heterocycles. The van der Waals surface area contributed by atoms with Crippen molar-refractivity contribution in [2.45, 2.75) is 17.3 Å². The summed E-state index contributed by atoms with van der Waals surface area (Å²) in [5.41, 5.74) is 5.60. The molecule has 8 heteroatoms. The molecular weight excluding hydrogens is 240 g/mol. The zero-order valence-corrected chi connectivity index (χ0v) is 10.0. The van der Waals surface area contributed by atoms with Gasteiger partial charge in [-0.2, -0.15) is 20.1 Å². The lowest BCUT2D eigenvalue weighted by atomic mass is 10.5. The molecule has 0 aliphatic carbocycles. The zero-order chi connectivity index (χ0) is 12.3. The number of nitrogens with zero attached hydrogens (tertiary/aromatic N) is 5. The number of aliphatic hydroxyl groups is 1. The number of aromatic nitrogens is 5. The number of hydrogen-bond acceptors (Lipinski definition) is 7. The van der Waals surface area contributed by atoms with Crippen LogP contribution in [0, 0.1) is 0 Å². The second-order valence-electron chi connectivity index (χ2n) is 3.34. The third-order valence-electron chi connectivity index (χ3n) is 1.89. The van der Waals surface area contributed by atoms with Crippen molar-refractivity contribution < 1.29 is 5.11 Å². The first-order chi connectivity index (χ1) is 8.19. The molecule has 0 saturated carbocycles. The predicted molar refractivity (Wildman–Crippen MR) is 63.8 cm³/mol. The van der Waals surface area contributed by atoms with E-state index in [0.717, 1.165) is 0 Å². The molecule has 0 spiro atoms. The average molecular weight is 252 g/mol. The Morgan fingerprint density at radius 3 is 2.94 bits per heavy atom. The SMILES string of the molecule is CC(CO)Sc1nc(N)nc(-n2cccn2)n1. The summed E-state index contributed by atoms with van der Waals surface area (Å²) in [4.78, 5) is 12.2. The maximum atomic E-state index is 8.98. The quantitative estimate of drug-likeness (QED) is 0.744. The van der Waals surface area contributed by atoms with E-state index < -0.39 is 0 Å². The van der Waals surface area contributed by atoms with Gasteiger partial charge in [0.25, 0.3) is 5.95 Å². The molecule has 0 saturated heterocycles. The first-order valence-electron chi connectivity index (χ1n) is 4.98. The van der Waals surface area contributed by atoms with Crippen molar-refractivity contribution in [1.82, 2.24) is 24.7 Å². The molecule has 2 aromatic rings. The van der Waals surface area contributed by atoms with E-state index in [0.29, 0.717) is 11.1 Å². The number of anilines is 1. The van der Waals surface area contributed by atoms with Gasteiger partial charge < -0.3 is 10.8 Å². The Hall–Kier alpha value is -1.67. The number of aliphatic hydroxyl groups excluding tert-OH is 1. The molecule has 2 aromatic heterocycles. The van der Waals surface area contributed by atoms with E-state index >= 15 is 0 Å². The molecule has 2 rings (SSSR count). The van der Waals surface area contributed by atoms with E-state index in [4.69, 9.17) is 10.8 Å². The highest BCUT2D eigenvalue weighted by molar-refractivity contribution is 7.99.